The molecule has 1 aromatic rings. The minimum atomic E-state index is -0.132. The molecule has 1 N–H and O–H groups in total. The molecule has 1 aliphatic carbocycles. The van der Waals surface area contributed by atoms with Gasteiger partial charge in [0.1, 0.15) is 6.54 Å². The topological polar surface area (TPSA) is 52.7 Å². The molecule has 124 valence electrons. The second-order valence-electron chi connectivity index (χ2n) is 6.93. The molecule has 2 amide bonds. The number of hydrogen-bond donors (Lipinski definition) is 1. The second-order valence-corrected chi connectivity index (χ2v) is 6.93. The van der Waals surface area contributed by atoms with E-state index in [1.54, 1.807) is 4.90 Å². The number of nitrogens with zero attached hydrogens (tertiary/aromatic N) is 2. The van der Waals surface area contributed by atoms with Gasteiger partial charge in [-0.15, -0.1) is 0 Å². The first kappa shape index (κ1) is 16.0. The lowest BCUT2D eigenvalue weighted by atomic mass is 10.0. The molecular weight excluding hydrogens is 290 g/mol. The number of carbonyl (C=O) groups excluding carboxylic acids is 2. The number of nitrogens with one attached hydrogen (secondary N) is 1. The Morgan fingerprint density at radius 3 is 2.65 bits per heavy atom. The lowest BCUT2D eigenvalue weighted by Crippen LogP contribution is -2.49. The van der Waals surface area contributed by atoms with E-state index in [-0.39, 0.29) is 18.4 Å². The number of para-hydroxylation sites is 2. The standard InChI is InChI=1S/C18H25N3O2/c1-12(2)13(3)20(14-8-9-14)11-18(23)21-10-17(22)19-15-6-4-5-7-16(15)21/h4-7,12-14H,8-11H2,1-3H3,(H,19,22)/t13-/m1/s1. The van der Waals surface area contributed by atoms with Gasteiger partial charge in [-0.3, -0.25) is 19.4 Å². The number of hydrogen-bond acceptors (Lipinski definition) is 3. The van der Waals surface area contributed by atoms with Gasteiger partial charge in [-0.1, -0.05) is 26.0 Å². The molecular formula is C18H25N3O2. The van der Waals surface area contributed by atoms with Gasteiger partial charge in [0.2, 0.25) is 11.8 Å². The Balaban J connectivity index is 1.78. The fraction of sp³-hybridized carbons (Fsp3) is 0.556. The van der Waals surface area contributed by atoms with Crippen molar-refractivity contribution in [1.82, 2.24) is 4.90 Å². The van der Waals surface area contributed by atoms with Crippen LogP contribution in [0.2, 0.25) is 0 Å². The van der Waals surface area contributed by atoms with E-state index in [1.165, 1.54) is 12.8 Å². The van der Waals surface area contributed by atoms with Crippen LogP contribution in [0.25, 0.3) is 0 Å². The van der Waals surface area contributed by atoms with Gasteiger partial charge in [-0.25, -0.2) is 0 Å². The molecule has 0 radical (unpaired) electrons. The van der Waals surface area contributed by atoms with Crippen LogP contribution in [0.4, 0.5) is 11.4 Å². The molecule has 0 aromatic heterocycles. The van der Waals surface area contributed by atoms with E-state index in [4.69, 9.17) is 0 Å². The Hall–Kier alpha value is -1.88. The summed E-state index contributed by atoms with van der Waals surface area (Å²) in [4.78, 5) is 28.7. The van der Waals surface area contributed by atoms with Gasteiger partial charge in [-0.05, 0) is 37.8 Å². The Labute approximate surface area is 137 Å². The van der Waals surface area contributed by atoms with Crippen LogP contribution >= 0.6 is 0 Å². The van der Waals surface area contributed by atoms with Crippen LogP contribution in [0.1, 0.15) is 33.6 Å². The lowest BCUT2D eigenvalue weighted by Gasteiger charge is -2.35. The molecule has 1 aliphatic heterocycles. The SMILES string of the molecule is CC(C)[C@@H](C)N(CC(=O)N1CC(=O)Nc2ccccc21)C1CC1. The molecule has 23 heavy (non-hydrogen) atoms. The van der Waals surface area contributed by atoms with Gasteiger partial charge in [0, 0.05) is 12.1 Å². The molecule has 1 saturated carbocycles. The summed E-state index contributed by atoms with van der Waals surface area (Å²) in [6.07, 6.45) is 2.34. The van der Waals surface area contributed by atoms with Crippen LogP contribution < -0.4 is 10.2 Å². The normalized spacial score (nSPS) is 18.8. The van der Waals surface area contributed by atoms with Gasteiger partial charge in [0.15, 0.2) is 0 Å². The largest absolute Gasteiger partial charge is 0.323 e. The molecule has 0 saturated heterocycles. The fourth-order valence-corrected chi connectivity index (χ4v) is 3.09. The third-order valence-electron chi connectivity index (χ3n) is 4.89. The molecule has 1 fully saturated rings. The van der Waals surface area contributed by atoms with Crippen LogP contribution in [-0.2, 0) is 9.59 Å². The van der Waals surface area contributed by atoms with Crippen molar-refractivity contribution in [3.63, 3.8) is 0 Å². The van der Waals surface area contributed by atoms with E-state index in [2.05, 4.69) is 31.0 Å². The highest BCUT2D eigenvalue weighted by atomic mass is 16.2. The maximum absolute atomic E-state index is 12.9. The Morgan fingerprint density at radius 2 is 2.00 bits per heavy atom. The van der Waals surface area contributed by atoms with E-state index in [0.29, 0.717) is 30.2 Å². The number of benzene rings is 1. The van der Waals surface area contributed by atoms with Crippen molar-refractivity contribution in [3.05, 3.63) is 24.3 Å². The van der Waals surface area contributed by atoms with Crippen molar-refractivity contribution < 1.29 is 9.59 Å². The molecule has 1 atom stereocenters. The number of carbonyl (C=O) groups is 2. The summed E-state index contributed by atoms with van der Waals surface area (Å²) >= 11 is 0. The average Bonchev–Trinajstić information content (AvgIpc) is 3.35. The summed E-state index contributed by atoms with van der Waals surface area (Å²) in [5.41, 5.74) is 1.51. The minimum absolute atomic E-state index is 0.00620. The molecule has 3 rings (SSSR count). The fourth-order valence-electron chi connectivity index (χ4n) is 3.09. The molecule has 5 heteroatoms. The summed E-state index contributed by atoms with van der Waals surface area (Å²) in [6, 6.07) is 8.36. The van der Waals surface area contributed by atoms with Gasteiger partial charge in [0.05, 0.1) is 17.9 Å². The predicted octanol–water partition coefficient (Wildman–Crippen LogP) is 2.48. The molecule has 1 aromatic carbocycles. The maximum Gasteiger partial charge on any atom is 0.244 e. The Morgan fingerprint density at radius 1 is 1.30 bits per heavy atom. The predicted molar refractivity (Wildman–Crippen MR) is 91.5 cm³/mol. The highest BCUT2D eigenvalue weighted by Crippen LogP contribution is 2.32. The number of fused-ring (bicyclic) bond motifs is 1. The first-order valence-electron chi connectivity index (χ1n) is 8.42. The summed E-state index contributed by atoms with van der Waals surface area (Å²) in [7, 11) is 0. The summed E-state index contributed by atoms with van der Waals surface area (Å²) in [5, 5.41) is 2.83. The molecule has 2 aliphatic rings. The van der Waals surface area contributed by atoms with E-state index in [9.17, 15) is 9.59 Å². The molecule has 5 nitrogen and oxygen atoms in total. The number of amides is 2. The zero-order valence-electron chi connectivity index (χ0n) is 14.1. The average molecular weight is 315 g/mol. The van der Waals surface area contributed by atoms with Gasteiger partial charge in [-0.2, -0.15) is 0 Å². The van der Waals surface area contributed by atoms with E-state index >= 15 is 0 Å². The molecule has 0 unspecified atom stereocenters. The van der Waals surface area contributed by atoms with Gasteiger partial charge in [0.25, 0.3) is 0 Å². The van der Waals surface area contributed by atoms with Crippen LogP contribution in [0.5, 0.6) is 0 Å². The minimum Gasteiger partial charge on any atom is -0.323 e. The number of rotatable bonds is 5. The van der Waals surface area contributed by atoms with E-state index < -0.39 is 0 Å². The van der Waals surface area contributed by atoms with Gasteiger partial charge >= 0.3 is 0 Å². The molecule has 0 bridgehead atoms. The summed E-state index contributed by atoms with van der Waals surface area (Å²) in [6.45, 7) is 7.05. The smallest absolute Gasteiger partial charge is 0.244 e. The number of anilines is 2. The Kier molecular flexibility index (Phi) is 4.39. The van der Waals surface area contributed by atoms with E-state index in [1.807, 2.05) is 24.3 Å². The highest BCUT2D eigenvalue weighted by molar-refractivity contribution is 6.10. The third kappa shape index (κ3) is 3.39. The zero-order chi connectivity index (χ0) is 16.6. The van der Waals surface area contributed by atoms with Crippen molar-refractivity contribution in [2.24, 2.45) is 5.92 Å². The van der Waals surface area contributed by atoms with Crippen LogP contribution in [0.15, 0.2) is 24.3 Å². The van der Waals surface area contributed by atoms with Crippen molar-refractivity contribution >= 4 is 23.2 Å². The molecule has 1 heterocycles. The van der Waals surface area contributed by atoms with Crippen molar-refractivity contribution in [2.45, 2.75) is 45.7 Å². The quantitative estimate of drug-likeness (QED) is 0.908. The van der Waals surface area contributed by atoms with Crippen LogP contribution in [0.3, 0.4) is 0 Å². The summed E-state index contributed by atoms with van der Waals surface area (Å²) < 4.78 is 0. The monoisotopic (exact) mass is 315 g/mol. The van der Waals surface area contributed by atoms with Crippen molar-refractivity contribution in [3.8, 4) is 0 Å². The Bertz CT molecular complexity index is 610. The lowest BCUT2D eigenvalue weighted by molar-refractivity contribution is -0.123. The first-order valence-corrected chi connectivity index (χ1v) is 8.42. The van der Waals surface area contributed by atoms with Crippen LogP contribution in [0, 0.1) is 5.92 Å². The zero-order valence-corrected chi connectivity index (χ0v) is 14.1. The van der Waals surface area contributed by atoms with Gasteiger partial charge < -0.3 is 5.32 Å². The summed E-state index contributed by atoms with van der Waals surface area (Å²) in [5.74, 6) is 0.374. The first-order chi connectivity index (χ1) is 11.0. The van der Waals surface area contributed by atoms with Crippen molar-refractivity contribution in [1.29, 1.82) is 0 Å². The maximum atomic E-state index is 12.9. The van der Waals surface area contributed by atoms with E-state index in [0.717, 1.165) is 5.69 Å². The van der Waals surface area contributed by atoms with Crippen LogP contribution in [-0.4, -0.2) is 41.9 Å². The second kappa shape index (κ2) is 6.32. The molecule has 0 spiro atoms. The highest BCUT2D eigenvalue weighted by Gasteiger charge is 2.36. The van der Waals surface area contributed by atoms with Crippen molar-refractivity contribution in [2.75, 3.05) is 23.3 Å². The third-order valence-corrected chi connectivity index (χ3v) is 4.89.